The molecule has 0 aliphatic carbocycles. The maximum absolute atomic E-state index is 8.69. The first-order chi connectivity index (χ1) is 6.22. The lowest BCUT2D eigenvalue weighted by Crippen LogP contribution is -2.01. The molecular formula is C9H9BrN2O. The molecule has 0 heterocycles. The lowest BCUT2D eigenvalue weighted by Gasteiger charge is -2.08. The van der Waals surface area contributed by atoms with Crippen LogP contribution in [0.15, 0.2) is 16.6 Å². The number of nitrogens with two attached hydrogens (primary N) is 1. The Morgan fingerprint density at radius 3 is 2.77 bits per heavy atom. The molecule has 0 aliphatic heterocycles. The first kappa shape index (κ1) is 10.0. The minimum Gasteiger partial charge on any atom is -0.495 e. The van der Waals surface area contributed by atoms with E-state index >= 15 is 0 Å². The minimum atomic E-state index is 0.358. The van der Waals surface area contributed by atoms with Crippen LogP contribution in [0.3, 0.4) is 0 Å². The third-order valence-corrected chi connectivity index (χ3v) is 2.26. The summed E-state index contributed by atoms with van der Waals surface area (Å²) in [6.07, 6.45) is 0. The summed E-state index contributed by atoms with van der Waals surface area (Å²) in [5.41, 5.74) is 6.91. The van der Waals surface area contributed by atoms with E-state index in [2.05, 4.69) is 22.0 Å². The van der Waals surface area contributed by atoms with Crippen molar-refractivity contribution < 1.29 is 4.74 Å². The van der Waals surface area contributed by atoms with E-state index in [0.29, 0.717) is 17.9 Å². The van der Waals surface area contributed by atoms with E-state index < -0.39 is 0 Å². The highest BCUT2D eigenvalue weighted by molar-refractivity contribution is 9.10. The smallest absolute Gasteiger partial charge is 0.137 e. The summed E-state index contributed by atoms with van der Waals surface area (Å²) < 4.78 is 5.89. The number of hydrogen-bond acceptors (Lipinski definition) is 3. The normalized spacial score (nSPS) is 9.38. The summed E-state index contributed by atoms with van der Waals surface area (Å²) in [5, 5.41) is 8.69. The van der Waals surface area contributed by atoms with Crippen LogP contribution in [-0.4, -0.2) is 7.11 Å². The Morgan fingerprint density at radius 2 is 2.31 bits per heavy atom. The molecule has 0 saturated heterocycles. The maximum atomic E-state index is 8.69. The van der Waals surface area contributed by atoms with Gasteiger partial charge < -0.3 is 10.5 Å². The SMILES string of the molecule is COc1c(Br)cc(C#N)cc1CN. The Balaban J connectivity index is 3.31. The standard InChI is InChI=1S/C9H9BrN2O/c1-13-9-7(5-12)2-6(4-11)3-8(9)10/h2-3H,5,12H2,1H3. The molecule has 0 atom stereocenters. The lowest BCUT2D eigenvalue weighted by atomic mass is 10.1. The molecule has 0 fully saturated rings. The largest absolute Gasteiger partial charge is 0.495 e. The Hall–Kier alpha value is -1.05. The molecule has 1 rings (SSSR count). The average Bonchev–Trinajstić information content (AvgIpc) is 2.16. The van der Waals surface area contributed by atoms with E-state index in [1.54, 1.807) is 19.2 Å². The van der Waals surface area contributed by atoms with Gasteiger partial charge in [-0.1, -0.05) is 0 Å². The molecule has 0 aromatic heterocycles. The molecule has 13 heavy (non-hydrogen) atoms. The van der Waals surface area contributed by atoms with Gasteiger partial charge in [0.2, 0.25) is 0 Å². The highest BCUT2D eigenvalue weighted by Crippen LogP contribution is 2.29. The Labute approximate surface area is 85.2 Å². The quantitative estimate of drug-likeness (QED) is 0.858. The van der Waals surface area contributed by atoms with Gasteiger partial charge in [0.05, 0.1) is 23.2 Å². The number of rotatable bonds is 2. The Bertz CT molecular complexity index is 357. The van der Waals surface area contributed by atoms with Crippen LogP contribution in [0.25, 0.3) is 0 Å². The maximum Gasteiger partial charge on any atom is 0.137 e. The van der Waals surface area contributed by atoms with Gasteiger partial charge >= 0.3 is 0 Å². The molecule has 2 N–H and O–H groups in total. The van der Waals surface area contributed by atoms with Crippen molar-refractivity contribution in [3.8, 4) is 11.8 Å². The van der Waals surface area contributed by atoms with Gasteiger partial charge in [-0.25, -0.2) is 0 Å². The fourth-order valence-electron chi connectivity index (χ4n) is 1.10. The van der Waals surface area contributed by atoms with Crippen LogP contribution in [0.2, 0.25) is 0 Å². The van der Waals surface area contributed by atoms with E-state index in [4.69, 9.17) is 15.7 Å². The highest BCUT2D eigenvalue weighted by atomic mass is 79.9. The molecule has 0 spiro atoms. The number of ether oxygens (including phenoxy) is 1. The van der Waals surface area contributed by atoms with Gasteiger partial charge in [-0.2, -0.15) is 5.26 Å². The second-order valence-electron chi connectivity index (χ2n) is 2.47. The highest BCUT2D eigenvalue weighted by Gasteiger charge is 2.07. The topological polar surface area (TPSA) is 59.0 Å². The molecule has 68 valence electrons. The van der Waals surface area contributed by atoms with E-state index in [-0.39, 0.29) is 0 Å². The fourth-order valence-corrected chi connectivity index (χ4v) is 1.76. The zero-order valence-electron chi connectivity index (χ0n) is 7.17. The van der Waals surface area contributed by atoms with Crippen LogP contribution in [-0.2, 0) is 6.54 Å². The number of benzene rings is 1. The van der Waals surface area contributed by atoms with Gasteiger partial charge in [0.15, 0.2) is 0 Å². The molecule has 0 aliphatic rings. The van der Waals surface area contributed by atoms with Gasteiger partial charge in [0, 0.05) is 12.1 Å². The third kappa shape index (κ3) is 2.00. The number of methoxy groups -OCH3 is 1. The fraction of sp³-hybridized carbons (Fsp3) is 0.222. The van der Waals surface area contributed by atoms with Crippen LogP contribution in [0.4, 0.5) is 0 Å². The second-order valence-corrected chi connectivity index (χ2v) is 3.32. The van der Waals surface area contributed by atoms with Crippen LogP contribution in [0, 0.1) is 11.3 Å². The number of nitrogens with zero attached hydrogens (tertiary/aromatic N) is 1. The third-order valence-electron chi connectivity index (χ3n) is 1.67. The van der Waals surface area contributed by atoms with Gasteiger partial charge in [-0.15, -0.1) is 0 Å². The van der Waals surface area contributed by atoms with E-state index in [0.717, 1.165) is 10.0 Å². The molecule has 1 aromatic rings. The van der Waals surface area contributed by atoms with Gasteiger partial charge in [0.25, 0.3) is 0 Å². The summed E-state index contributed by atoms with van der Waals surface area (Å²) >= 11 is 3.31. The first-order valence-corrected chi connectivity index (χ1v) is 4.48. The van der Waals surface area contributed by atoms with Crippen molar-refractivity contribution in [2.24, 2.45) is 5.73 Å². The molecule has 4 heteroatoms. The summed E-state index contributed by atoms with van der Waals surface area (Å²) in [6, 6.07) is 5.48. The summed E-state index contributed by atoms with van der Waals surface area (Å²) in [4.78, 5) is 0. The second kappa shape index (κ2) is 4.26. The minimum absolute atomic E-state index is 0.358. The van der Waals surface area contributed by atoms with Crippen molar-refractivity contribution >= 4 is 15.9 Å². The number of nitriles is 1. The Morgan fingerprint density at radius 1 is 1.62 bits per heavy atom. The molecule has 1 aromatic carbocycles. The molecule has 0 radical (unpaired) electrons. The lowest BCUT2D eigenvalue weighted by molar-refractivity contribution is 0.407. The van der Waals surface area contributed by atoms with Crippen molar-refractivity contribution in [2.45, 2.75) is 6.54 Å². The first-order valence-electron chi connectivity index (χ1n) is 3.69. The molecule has 0 amide bonds. The zero-order valence-corrected chi connectivity index (χ0v) is 8.76. The number of hydrogen-bond donors (Lipinski definition) is 1. The predicted molar refractivity (Wildman–Crippen MR) is 53.3 cm³/mol. The van der Waals surface area contributed by atoms with Crippen LogP contribution in [0.5, 0.6) is 5.75 Å². The molecule has 0 bridgehead atoms. The molecule has 0 saturated carbocycles. The van der Waals surface area contributed by atoms with E-state index in [1.807, 2.05) is 0 Å². The molecular weight excluding hydrogens is 232 g/mol. The van der Waals surface area contributed by atoms with Crippen molar-refractivity contribution in [1.82, 2.24) is 0 Å². The monoisotopic (exact) mass is 240 g/mol. The van der Waals surface area contributed by atoms with Crippen molar-refractivity contribution in [3.05, 3.63) is 27.7 Å². The Kier molecular flexibility index (Phi) is 3.29. The zero-order chi connectivity index (χ0) is 9.84. The summed E-state index contributed by atoms with van der Waals surface area (Å²) in [5.74, 6) is 0.696. The van der Waals surface area contributed by atoms with Gasteiger partial charge in [-0.05, 0) is 28.1 Å². The predicted octanol–water partition coefficient (Wildman–Crippen LogP) is 1.79. The molecule has 0 unspecified atom stereocenters. The van der Waals surface area contributed by atoms with Crippen LogP contribution < -0.4 is 10.5 Å². The summed E-state index contributed by atoms with van der Waals surface area (Å²) in [6.45, 7) is 0.358. The summed E-state index contributed by atoms with van der Waals surface area (Å²) in [7, 11) is 1.57. The van der Waals surface area contributed by atoms with Crippen molar-refractivity contribution in [2.75, 3.05) is 7.11 Å². The van der Waals surface area contributed by atoms with Crippen molar-refractivity contribution in [3.63, 3.8) is 0 Å². The van der Waals surface area contributed by atoms with Crippen molar-refractivity contribution in [1.29, 1.82) is 5.26 Å². The van der Waals surface area contributed by atoms with E-state index in [9.17, 15) is 0 Å². The molecule has 3 nitrogen and oxygen atoms in total. The van der Waals surface area contributed by atoms with Crippen LogP contribution >= 0.6 is 15.9 Å². The average molecular weight is 241 g/mol. The van der Waals surface area contributed by atoms with Crippen LogP contribution in [0.1, 0.15) is 11.1 Å². The van der Waals surface area contributed by atoms with E-state index in [1.165, 1.54) is 0 Å². The number of halogens is 1. The van der Waals surface area contributed by atoms with Gasteiger partial charge in [-0.3, -0.25) is 0 Å². The van der Waals surface area contributed by atoms with Gasteiger partial charge in [0.1, 0.15) is 5.75 Å².